The summed E-state index contributed by atoms with van der Waals surface area (Å²) in [7, 11) is 0. The number of pyridine rings is 1. The Labute approximate surface area is 129 Å². The van der Waals surface area contributed by atoms with Crippen LogP contribution in [0.15, 0.2) is 41.2 Å². The first-order valence-electron chi connectivity index (χ1n) is 7.80. The molecule has 1 aliphatic rings. The number of fused-ring (bicyclic) bond motifs is 1. The van der Waals surface area contributed by atoms with Crippen molar-refractivity contribution in [2.45, 2.75) is 25.7 Å². The number of hydrogen-bond donors (Lipinski definition) is 2. The van der Waals surface area contributed by atoms with Gasteiger partial charge in [0.2, 0.25) is 5.91 Å². The second-order valence-corrected chi connectivity index (χ2v) is 5.87. The van der Waals surface area contributed by atoms with E-state index in [4.69, 9.17) is 0 Å². The standard InChI is InChI=1S/C18H20N2O2/c21-17(19-12-13-5-1-2-6-13)10-9-15-11-14-7-3-4-8-16(14)20-18(15)22/h3-4,7-11,13H,1-2,5-6,12H2,(H,19,21)(H,20,22)/b10-9+. The van der Waals surface area contributed by atoms with Gasteiger partial charge in [0, 0.05) is 23.7 Å². The maximum atomic E-state index is 12.0. The molecule has 0 bridgehead atoms. The second-order valence-electron chi connectivity index (χ2n) is 5.87. The van der Waals surface area contributed by atoms with Crippen molar-refractivity contribution in [1.82, 2.24) is 10.3 Å². The quantitative estimate of drug-likeness (QED) is 0.852. The van der Waals surface area contributed by atoms with Crippen LogP contribution >= 0.6 is 0 Å². The van der Waals surface area contributed by atoms with Crippen molar-refractivity contribution >= 4 is 22.9 Å². The highest BCUT2D eigenvalue weighted by atomic mass is 16.1. The van der Waals surface area contributed by atoms with Crippen LogP contribution in [0, 0.1) is 5.92 Å². The van der Waals surface area contributed by atoms with Crippen molar-refractivity contribution in [2.24, 2.45) is 5.92 Å². The molecule has 1 aromatic carbocycles. The SMILES string of the molecule is O=C(/C=C/c1cc2ccccc2[nH]c1=O)NCC1CCCC1. The molecular formula is C18H20N2O2. The number of aromatic nitrogens is 1. The van der Waals surface area contributed by atoms with Crippen molar-refractivity contribution in [2.75, 3.05) is 6.54 Å². The number of para-hydroxylation sites is 1. The number of amides is 1. The van der Waals surface area contributed by atoms with Crippen LogP contribution < -0.4 is 10.9 Å². The molecular weight excluding hydrogens is 276 g/mol. The molecule has 0 saturated heterocycles. The lowest BCUT2D eigenvalue weighted by molar-refractivity contribution is -0.116. The van der Waals surface area contributed by atoms with E-state index in [0.29, 0.717) is 11.5 Å². The number of aromatic amines is 1. The number of benzene rings is 1. The molecule has 3 rings (SSSR count). The number of H-pyrrole nitrogens is 1. The summed E-state index contributed by atoms with van der Waals surface area (Å²) >= 11 is 0. The molecule has 1 amide bonds. The smallest absolute Gasteiger partial charge is 0.255 e. The molecule has 0 spiro atoms. The van der Waals surface area contributed by atoms with Crippen LogP contribution in [0.25, 0.3) is 17.0 Å². The summed E-state index contributed by atoms with van der Waals surface area (Å²) in [5, 5.41) is 3.87. The molecule has 0 unspecified atom stereocenters. The van der Waals surface area contributed by atoms with Gasteiger partial charge in [0.25, 0.3) is 5.56 Å². The fourth-order valence-corrected chi connectivity index (χ4v) is 2.97. The van der Waals surface area contributed by atoms with Crippen molar-refractivity contribution in [3.8, 4) is 0 Å². The van der Waals surface area contributed by atoms with Gasteiger partial charge in [-0.2, -0.15) is 0 Å². The topological polar surface area (TPSA) is 62.0 Å². The molecule has 4 nitrogen and oxygen atoms in total. The molecule has 0 aliphatic heterocycles. The monoisotopic (exact) mass is 296 g/mol. The molecule has 2 aromatic rings. The Morgan fingerprint density at radius 2 is 2.05 bits per heavy atom. The molecule has 2 N–H and O–H groups in total. The first-order valence-corrected chi connectivity index (χ1v) is 7.80. The first-order chi connectivity index (χ1) is 10.7. The zero-order valence-corrected chi connectivity index (χ0v) is 12.5. The maximum Gasteiger partial charge on any atom is 0.255 e. The average Bonchev–Trinajstić information content (AvgIpc) is 3.04. The fraction of sp³-hybridized carbons (Fsp3) is 0.333. The summed E-state index contributed by atoms with van der Waals surface area (Å²) in [6.07, 6.45) is 7.96. The van der Waals surface area contributed by atoms with Crippen LogP contribution in [-0.4, -0.2) is 17.4 Å². The third-order valence-electron chi connectivity index (χ3n) is 4.24. The lowest BCUT2D eigenvalue weighted by Gasteiger charge is -2.08. The number of carbonyl (C=O) groups excluding carboxylic acids is 1. The third-order valence-corrected chi connectivity index (χ3v) is 4.24. The molecule has 1 aromatic heterocycles. The molecule has 1 aliphatic carbocycles. The van der Waals surface area contributed by atoms with E-state index in [-0.39, 0.29) is 11.5 Å². The average molecular weight is 296 g/mol. The van der Waals surface area contributed by atoms with Gasteiger partial charge in [-0.15, -0.1) is 0 Å². The molecule has 4 heteroatoms. The van der Waals surface area contributed by atoms with Crippen LogP contribution in [0.3, 0.4) is 0 Å². The molecule has 22 heavy (non-hydrogen) atoms. The molecule has 1 fully saturated rings. The van der Waals surface area contributed by atoms with Gasteiger partial charge in [-0.1, -0.05) is 31.0 Å². The summed E-state index contributed by atoms with van der Waals surface area (Å²) in [6, 6.07) is 9.39. The largest absolute Gasteiger partial charge is 0.352 e. The molecule has 0 radical (unpaired) electrons. The van der Waals surface area contributed by atoms with E-state index in [2.05, 4.69) is 10.3 Å². The Bertz CT molecular complexity index is 755. The second kappa shape index (κ2) is 6.60. The predicted molar refractivity (Wildman–Crippen MR) is 88.6 cm³/mol. The zero-order chi connectivity index (χ0) is 15.4. The highest BCUT2D eigenvalue weighted by Gasteiger charge is 2.14. The first kappa shape index (κ1) is 14.6. The summed E-state index contributed by atoms with van der Waals surface area (Å²) in [5.74, 6) is 0.473. The van der Waals surface area contributed by atoms with E-state index in [9.17, 15) is 9.59 Å². The van der Waals surface area contributed by atoms with Crippen LogP contribution in [-0.2, 0) is 4.79 Å². The van der Waals surface area contributed by atoms with E-state index in [0.717, 1.165) is 17.4 Å². The number of carbonyl (C=O) groups is 1. The van der Waals surface area contributed by atoms with Crippen LogP contribution in [0.4, 0.5) is 0 Å². The minimum atomic E-state index is -0.182. The minimum Gasteiger partial charge on any atom is -0.352 e. The van der Waals surface area contributed by atoms with E-state index in [1.807, 2.05) is 24.3 Å². The van der Waals surface area contributed by atoms with Crippen molar-refractivity contribution in [1.29, 1.82) is 0 Å². The fourth-order valence-electron chi connectivity index (χ4n) is 2.97. The van der Waals surface area contributed by atoms with E-state index in [1.54, 1.807) is 12.1 Å². The van der Waals surface area contributed by atoms with Gasteiger partial charge in [-0.05, 0) is 42.4 Å². The molecule has 1 saturated carbocycles. The van der Waals surface area contributed by atoms with Gasteiger partial charge in [-0.25, -0.2) is 0 Å². The summed E-state index contributed by atoms with van der Waals surface area (Å²) < 4.78 is 0. The maximum absolute atomic E-state index is 12.0. The Balaban J connectivity index is 1.67. The number of rotatable bonds is 4. The Morgan fingerprint density at radius 3 is 2.86 bits per heavy atom. The van der Waals surface area contributed by atoms with Gasteiger partial charge < -0.3 is 10.3 Å². The number of hydrogen-bond acceptors (Lipinski definition) is 2. The van der Waals surface area contributed by atoms with Gasteiger partial charge in [0.15, 0.2) is 0 Å². The van der Waals surface area contributed by atoms with Crippen molar-refractivity contribution in [3.63, 3.8) is 0 Å². The van der Waals surface area contributed by atoms with Crippen LogP contribution in [0.5, 0.6) is 0 Å². The zero-order valence-electron chi connectivity index (χ0n) is 12.5. The summed E-state index contributed by atoms with van der Waals surface area (Å²) in [5.41, 5.74) is 1.11. The Hall–Kier alpha value is -2.36. The van der Waals surface area contributed by atoms with E-state index >= 15 is 0 Å². The van der Waals surface area contributed by atoms with Crippen molar-refractivity contribution < 1.29 is 4.79 Å². The van der Waals surface area contributed by atoms with Crippen molar-refractivity contribution in [3.05, 3.63) is 52.3 Å². The summed E-state index contributed by atoms with van der Waals surface area (Å²) in [6.45, 7) is 0.733. The lowest BCUT2D eigenvalue weighted by Crippen LogP contribution is -2.26. The summed E-state index contributed by atoms with van der Waals surface area (Å²) in [4.78, 5) is 26.6. The normalized spacial score (nSPS) is 15.6. The van der Waals surface area contributed by atoms with E-state index < -0.39 is 0 Å². The highest BCUT2D eigenvalue weighted by Crippen LogP contribution is 2.23. The number of nitrogens with one attached hydrogen (secondary N) is 2. The third kappa shape index (κ3) is 3.45. The molecule has 1 heterocycles. The van der Waals surface area contributed by atoms with Crippen LogP contribution in [0.1, 0.15) is 31.2 Å². The lowest BCUT2D eigenvalue weighted by atomic mass is 10.1. The van der Waals surface area contributed by atoms with Gasteiger partial charge in [-0.3, -0.25) is 9.59 Å². The highest BCUT2D eigenvalue weighted by molar-refractivity contribution is 5.92. The van der Waals surface area contributed by atoms with Gasteiger partial charge in [0.05, 0.1) is 0 Å². The van der Waals surface area contributed by atoms with Gasteiger partial charge >= 0.3 is 0 Å². The van der Waals surface area contributed by atoms with Gasteiger partial charge in [0.1, 0.15) is 0 Å². The van der Waals surface area contributed by atoms with E-state index in [1.165, 1.54) is 31.8 Å². The predicted octanol–water partition coefficient (Wildman–Crippen LogP) is 2.85. The Morgan fingerprint density at radius 1 is 1.27 bits per heavy atom. The Kier molecular flexibility index (Phi) is 4.37. The molecule has 114 valence electrons. The minimum absolute atomic E-state index is 0.139. The van der Waals surface area contributed by atoms with Crippen LogP contribution in [0.2, 0.25) is 0 Å². The molecule has 0 atom stereocenters.